The van der Waals surface area contributed by atoms with Gasteiger partial charge in [0, 0.05) is 6.42 Å². The summed E-state index contributed by atoms with van der Waals surface area (Å²) in [6.45, 7) is 3.89. The van der Waals surface area contributed by atoms with E-state index < -0.39 is 0 Å². The van der Waals surface area contributed by atoms with Crippen LogP contribution >= 0.6 is 0 Å². The predicted molar refractivity (Wildman–Crippen MR) is 50.2 cm³/mol. The van der Waals surface area contributed by atoms with Crippen molar-refractivity contribution in [1.29, 1.82) is 0 Å². The van der Waals surface area contributed by atoms with Crippen molar-refractivity contribution in [2.24, 2.45) is 0 Å². The Morgan fingerprint density at radius 3 is 3.00 bits per heavy atom. The van der Waals surface area contributed by atoms with Crippen LogP contribution in [0.15, 0.2) is 22.8 Å². The maximum atomic E-state index is 11.2. The minimum Gasteiger partial charge on any atom is -0.467 e. The van der Waals surface area contributed by atoms with Gasteiger partial charge in [-0.3, -0.25) is 4.79 Å². The molecule has 13 heavy (non-hydrogen) atoms. The van der Waals surface area contributed by atoms with E-state index in [-0.39, 0.29) is 11.9 Å². The Kier molecular flexibility index (Phi) is 3.55. The lowest BCUT2D eigenvalue weighted by Crippen LogP contribution is -2.25. The van der Waals surface area contributed by atoms with E-state index in [0.717, 1.165) is 12.2 Å². The highest BCUT2D eigenvalue weighted by Gasteiger charge is 2.10. The molecule has 0 saturated carbocycles. The van der Waals surface area contributed by atoms with Crippen LogP contribution in [0.1, 0.15) is 38.5 Å². The largest absolute Gasteiger partial charge is 0.467 e. The fourth-order valence-electron chi connectivity index (χ4n) is 1.15. The van der Waals surface area contributed by atoms with Crippen LogP contribution in [0.3, 0.4) is 0 Å². The van der Waals surface area contributed by atoms with Crippen LogP contribution < -0.4 is 5.32 Å². The normalized spacial score (nSPS) is 12.5. The molecule has 3 heteroatoms. The summed E-state index contributed by atoms with van der Waals surface area (Å²) >= 11 is 0. The molecule has 0 aliphatic carbocycles. The van der Waals surface area contributed by atoms with Crippen LogP contribution in [0.2, 0.25) is 0 Å². The molecule has 0 spiro atoms. The van der Waals surface area contributed by atoms with Crippen molar-refractivity contribution in [1.82, 2.24) is 5.32 Å². The van der Waals surface area contributed by atoms with Crippen molar-refractivity contribution in [3.05, 3.63) is 24.2 Å². The SMILES string of the molecule is CCCC(=O)N[C@H](C)c1ccco1. The summed E-state index contributed by atoms with van der Waals surface area (Å²) in [5.74, 6) is 0.871. The molecule has 0 aliphatic heterocycles. The first-order valence-electron chi connectivity index (χ1n) is 4.56. The van der Waals surface area contributed by atoms with Gasteiger partial charge in [0.2, 0.25) is 5.91 Å². The number of carbonyl (C=O) groups is 1. The van der Waals surface area contributed by atoms with Gasteiger partial charge in [0.1, 0.15) is 5.76 Å². The topological polar surface area (TPSA) is 42.2 Å². The second-order valence-corrected chi connectivity index (χ2v) is 3.05. The molecule has 1 heterocycles. The molecule has 1 aromatic heterocycles. The minimum atomic E-state index is -0.0333. The molecule has 72 valence electrons. The molecule has 1 rings (SSSR count). The molecule has 0 aromatic carbocycles. The van der Waals surface area contributed by atoms with Gasteiger partial charge in [-0.15, -0.1) is 0 Å². The van der Waals surface area contributed by atoms with E-state index in [1.807, 2.05) is 26.0 Å². The molecular weight excluding hydrogens is 166 g/mol. The van der Waals surface area contributed by atoms with E-state index in [9.17, 15) is 4.79 Å². The highest BCUT2D eigenvalue weighted by Crippen LogP contribution is 2.12. The molecular formula is C10H15NO2. The van der Waals surface area contributed by atoms with Gasteiger partial charge in [0.25, 0.3) is 0 Å². The predicted octanol–water partition coefficient (Wildman–Crippen LogP) is 2.26. The van der Waals surface area contributed by atoms with E-state index in [2.05, 4.69) is 5.32 Å². The number of hydrogen-bond donors (Lipinski definition) is 1. The van der Waals surface area contributed by atoms with Crippen molar-refractivity contribution >= 4 is 5.91 Å². The van der Waals surface area contributed by atoms with Gasteiger partial charge in [-0.2, -0.15) is 0 Å². The average Bonchev–Trinajstić information content (AvgIpc) is 2.55. The third-order valence-corrected chi connectivity index (χ3v) is 1.82. The Labute approximate surface area is 78.1 Å². The van der Waals surface area contributed by atoms with Gasteiger partial charge in [0.15, 0.2) is 0 Å². The lowest BCUT2D eigenvalue weighted by Gasteiger charge is -2.10. The Bertz CT molecular complexity index is 254. The van der Waals surface area contributed by atoms with Gasteiger partial charge < -0.3 is 9.73 Å². The van der Waals surface area contributed by atoms with Gasteiger partial charge in [-0.05, 0) is 25.5 Å². The smallest absolute Gasteiger partial charge is 0.220 e. The van der Waals surface area contributed by atoms with Crippen molar-refractivity contribution in [3.8, 4) is 0 Å². The maximum absolute atomic E-state index is 11.2. The van der Waals surface area contributed by atoms with Crippen LogP contribution in [-0.2, 0) is 4.79 Å². The molecule has 1 N–H and O–H groups in total. The minimum absolute atomic E-state index is 0.0333. The summed E-state index contributed by atoms with van der Waals surface area (Å²) in [6, 6.07) is 3.64. The summed E-state index contributed by atoms with van der Waals surface area (Å²) in [5.41, 5.74) is 0. The van der Waals surface area contributed by atoms with Gasteiger partial charge in [0.05, 0.1) is 12.3 Å². The quantitative estimate of drug-likeness (QED) is 0.774. The second kappa shape index (κ2) is 4.70. The van der Waals surface area contributed by atoms with Crippen molar-refractivity contribution in [2.75, 3.05) is 0 Å². The Morgan fingerprint density at radius 2 is 2.46 bits per heavy atom. The number of nitrogens with one attached hydrogen (secondary N) is 1. The molecule has 1 atom stereocenters. The first kappa shape index (κ1) is 9.84. The van der Waals surface area contributed by atoms with Crippen LogP contribution in [0.4, 0.5) is 0 Å². The van der Waals surface area contributed by atoms with Crippen LogP contribution in [0.5, 0.6) is 0 Å². The average molecular weight is 181 g/mol. The third kappa shape index (κ3) is 2.93. The summed E-state index contributed by atoms with van der Waals surface area (Å²) in [5, 5.41) is 2.85. The van der Waals surface area contributed by atoms with Crippen LogP contribution in [0.25, 0.3) is 0 Å². The third-order valence-electron chi connectivity index (χ3n) is 1.82. The van der Waals surface area contributed by atoms with E-state index in [0.29, 0.717) is 6.42 Å². The molecule has 0 unspecified atom stereocenters. The molecule has 0 fully saturated rings. The lowest BCUT2D eigenvalue weighted by atomic mass is 10.2. The first-order valence-corrected chi connectivity index (χ1v) is 4.56. The molecule has 3 nitrogen and oxygen atoms in total. The Balaban J connectivity index is 2.42. The molecule has 0 saturated heterocycles. The second-order valence-electron chi connectivity index (χ2n) is 3.05. The molecule has 0 radical (unpaired) electrons. The highest BCUT2D eigenvalue weighted by atomic mass is 16.3. The summed E-state index contributed by atoms with van der Waals surface area (Å²) in [7, 11) is 0. The summed E-state index contributed by atoms with van der Waals surface area (Å²) in [4.78, 5) is 11.2. The molecule has 1 aromatic rings. The number of furan rings is 1. The summed E-state index contributed by atoms with van der Waals surface area (Å²) in [6.07, 6.45) is 3.06. The van der Waals surface area contributed by atoms with E-state index in [4.69, 9.17) is 4.42 Å². The number of rotatable bonds is 4. The Hall–Kier alpha value is -1.25. The zero-order chi connectivity index (χ0) is 9.68. The Morgan fingerprint density at radius 1 is 1.69 bits per heavy atom. The van der Waals surface area contributed by atoms with Gasteiger partial charge in [-0.1, -0.05) is 6.92 Å². The lowest BCUT2D eigenvalue weighted by molar-refractivity contribution is -0.121. The highest BCUT2D eigenvalue weighted by molar-refractivity contribution is 5.76. The fraction of sp³-hybridized carbons (Fsp3) is 0.500. The van der Waals surface area contributed by atoms with Crippen molar-refractivity contribution in [3.63, 3.8) is 0 Å². The first-order chi connectivity index (χ1) is 6.24. The number of carbonyl (C=O) groups excluding carboxylic acids is 1. The van der Waals surface area contributed by atoms with Crippen LogP contribution in [-0.4, -0.2) is 5.91 Å². The van der Waals surface area contributed by atoms with E-state index >= 15 is 0 Å². The van der Waals surface area contributed by atoms with E-state index in [1.165, 1.54) is 0 Å². The molecule has 0 bridgehead atoms. The summed E-state index contributed by atoms with van der Waals surface area (Å²) < 4.78 is 5.16. The maximum Gasteiger partial charge on any atom is 0.220 e. The monoisotopic (exact) mass is 181 g/mol. The van der Waals surface area contributed by atoms with Crippen LogP contribution in [0, 0.1) is 0 Å². The van der Waals surface area contributed by atoms with Gasteiger partial charge in [-0.25, -0.2) is 0 Å². The van der Waals surface area contributed by atoms with E-state index in [1.54, 1.807) is 6.26 Å². The zero-order valence-electron chi connectivity index (χ0n) is 8.04. The number of hydrogen-bond acceptors (Lipinski definition) is 2. The number of amides is 1. The van der Waals surface area contributed by atoms with Crippen molar-refractivity contribution < 1.29 is 9.21 Å². The van der Waals surface area contributed by atoms with Crippen molar-refractivity contribution in [2.45, 2.75) is 32.7 Å². The molecule has 1 amide bonds. The fourth-order valence-corrected chi connectivity index (χ4v) is 1.15. The molecule has 0 aliphatic rings. The van der Waals surface area contributed by atoms with Gasteiger partial charge >= 0.3 is 0 Å². The standard InChI is InChI=1S/C10H15NO2/c1-3-5-10(12)11-8(2)9-6-4-7-13-9/h4,6-8H,3,5H2,1-2H3,(H,11,12)/t8-/m1/s1. The zero-order valence-corrected chi connectivity index (χ0v) is 8.04.